The molecule has 0 aliphatic carbocycles. The van der Waals surface area contributed by atoms with Crippen molar-refractivity contribution in [2.45, 2.75) is 13.0 Å². The van der Waals surface area contributed by atoms with Crippen molar-refractivity contribution < 1.29 is 28.9 Å². The van der Waals surface area contributed by atoms with Gasteiger partial charge in [-0.15, -0.1) is 0 Å². The lowest BCUT2D eigenvalue weighted by Gasteiger charge is -2.30. The van der Waals surface area contributed by atoms with Crippen LogP contribution in [-0.4, -0.2) is 67.7 Å². The number of aliphatic hydroxyl groups is 1. The van der Waals surface area contributed by atoms with Gasteiger partial charge in [0.15, 0.2) is 0 Å². The van der Waals surface area contributed by atoms with Gasteiger partial charge in [-0.1, -0.05) is 0 Å². The second kappa shape index (κ2) is 8.63. The summed E-state index contributed by atoms with van der Waals surface area (Å²) in [6.07, 6.45) is -2.43. The molecule has 2 amide bonds. The summed E-state index contributed by atoms with van der Waals surface area (Å²) in [4.78, 5) is 25.0. The Morgan fingerprint density at radius 2 is 2.08 bits per heavy atom. The van der Waals surface area contributed by atoms with Crippen molar-refractivity contribution >= 4 is 23.4 Å². The minimum Gasteiger partial charge on any atom is -0.465 e. The zero-order valence-electron chi connectivity index (χ0n) is 13.9. The van der Waals surface area contributed by atoms with Crippen LogP contribution in [0.15, 0.2) is 18.2 Å². The summed E-state index contributed by atoms with van der Waals surface area (Å²) in [6.45, 7) is 3.07. The highest BCUT2D eigenvalue weighted by molar-refractivity contribution is 5.86. The first-order valence-electron chi connectivity index (χ1n) is 7.93. The van der Waals surface area contributed by atoms with Gasteiger partial charge in [0.1, 0.15) is 5.82 Å². The Morgan fingerprint density at radius 3 is 2.64 bits per heavy atom. The van der Waals surface area contributed by atoms with E-state index in [0.717, 1.165) is 11.0 Å². The zero-order chi connectivity index (χ0) is 18.4. The lowest BCUT2D eigenvalue weighted by atomic mass is 10.2. The molecule has 0 spiro atoms. The minimum atomic E-state index is -1.32. The number of morpholine rings is 1. The summed E-state index contributed by atoms with van der Waals surface area (Å²) in [6, 6.07) is 4.14. The highest BCUT2D eigenvalue weighted by Gasteiger charge is 2.22. The van der Waals surface area contributed by atoms with Crippen LogP contribution in [0.5, 0.6) is 0 Å². The van der Waals surface area contributed by atoms with E-state index in [4.69, 9.17) is 4.74 Å². The van der Waals surface area contributed by atoms with Crippen molar-refractivity contribution in [2.24, 2.45) is 0 Å². The normalized spacial score (nSPS) is 15.6. The van der Waals surface area contributed by atoms with Gasteiger partial charge in [-0.25, -0.2) is 9.18 Å². The second-order valence-corrected chi connectivity index (χ2v) is 5.72. The Kier molecular flexibility index (Phi) is 6.54. The summed E-state index contributed by atoms with van der Waals surface area (Å²) in [5, 5.41) is 21.6. The predicted octanol–water partition coefficient (Wildman–Crippen LogP) is 0.644. The van der Waals surface area contributed by atoms with Crippen molar-refractivity contribution in [3.63, 3.8) is 0 Å². The molecular formula is C16H22FN3O5. The Balaban J connectivity index is 2.11. The van der Waals surface area contributed by atoms with Crippen molar-refractivity contribution in [2.75, 3.05) is 49.2 Å². The lowest BCUT2D eigenvalue weighted by molar-refractivity contribution is -0.119. The highest BCUT2D eigenvalue weighted by Crippen LogP contribution is 2.26. The molecule has 2 rings (SSSR count). The molecule has 25 heavy (non-hydrogen) atoms. The van der Waals surface area contributed by atoms with Crippen LogP contribution >= 0.6 is 0 Å². The highest BCUT2D eigenvalue weighted by atomic mass is 19.1. The maximum Gasteiger partial charge on any atom is 0.411 e. The van der Waals surface area contributed by atoms with Gasteiger partial charge in [0.05, 0.1) is 37.2 Å². The van der Waals surface area contributed by atoms with Crippen LogP contribution in [0.1, 0.15) is 6.92 Å². The molecule has 1 aliphatic rings. The molecule has 0 saturated carbocycles. The van der Waals surface area contributed by atoms with Gasteiger partial charge < -0.3 is 25.2 Å². The third kappa shape index (κ3) is 5.30. The second-order valence-electron chi connectivity index (χ2n) is 5.72. The van der Waals surface area contributed by atoms with Crippen molar-refractivity contribution in [1.82, 2.24) is 5.32 Å². The number of benzene rings is 1. The van der Waals surface area contributed by atoms with E-state index in [9.17, 15) is 24.2 Å². The summed E-state index contributed by atoms with van der Waals surface area (Å²) in [5.41, 5.74) is 0.500. The first-order valence-corrected chi connectivity index (χ1v) is 7.93. The number of hydrogen-bond donors (Lipinski definition) is 3. The third-order valence-corrected chi connectivity index (χ3v) is 3.81. The van der Waals surface area contributed by atoms with Crippen LogP contribution in [0.4, 0.5) is 20.6 Å². The molecule has 1 aliphatic heterocycles. The lowest BCUT2D eigenvalue weighted by Crippen LogP contribution is -2.42. The van der Waals surface area contributed by atoms with Gasteiger partial charge in [0.2, 0.25) is 5.91 Å². The molecule has 3 N–H and O–H groups in total. The predicted molar refractivity (Wildman–Crippen MR) is 89.5 cm³/mol. The SMILES string of the molecule is CC(=O)NC[C@H](O)CN(C(=O)O)c1ccc(N2CCOCC2)c(F)c1. The Morgan fingerprint density at radius 1 is 1.40 bits per heavy atom. The van der Waals surface area contributed by atoms with E-state index in [2.05, 4.69) is 5.32 Å². The molecule has 138 valence electrons. The largest absolute Gasteiger partial charge is 0.465 e. The number of halogens is 1. The number of nitrogens with zero attached hydrogens (tertiary/aromatic N) is 2. The third-order valence-electron chi connectivity index (χ3n) is 3.81. The quantitative estimate of drug-likeness (QED) is 0.692. The summed E-state index contributed by atoms with van der Waals surface area (Å²) in [7, 11) is 0. The van der Waals surface area contributed by atoms with E-state index >= 15 is 0 Å². The average molecular weight is 355 g/mol. The van der Waals surface area contributed by atoms with E-state index in [0.29, 0.717) is 32.0 Å². The van der Waals surface area contributed by atoms with Crippen molar-refractivity contribution in [1.29, 1.82) is 0 Å². The standard InChI is InChI=1S/C16H22FN3O5/c1-11(21)18-9-13(22)10-20(16(23)24)12-2-3-15(14(17)8-12)19-4-6-25-7-5-19/h2-3,8,13,22H,4-7,9-10H2,1H3,(H,18,21)(H,23,24)/t13-/m0/s1. The van der Waals surface area contributed by atoms with Crippen molar-refractivity contribution in [3.8, 4) is 0 Å². The van der Waals surface area contributed by atoms with Gasteiger partial charge in [-0.2, -0.15) is 0 Å². The number of aliphatic hydroxyl groups excluding tert-OH is 1. The number of nitrogens with one attached hydrogen (secondary N) is 1. The molecular weight excluding hydrogens is 333 g/mol. The van der Waals surface area contributed by atoms with Gasteiger partial charge >= 0.3 is 6.09 Å². The molecule has 1 heterocycles. The molecule has 9 heteroatoms. The number of carboxylic acid groups (broad SMARTS) is 1. The number of ether oxygens (including phenoxy) is 1. The molecule has 1 aromatic carbocycles. The molecule has 0 aromatic heterocycles. The van der Waals surface area contributed by atoms with Crippen molar-refractivity contribution in [3.05, 3.63) is 24.0 Å². The maximum atomic E-state index is 14.4. The number of anilines is 2. The van der Waals surface area contributed by atoms with Crippen LogP contribution in [0.25, 0.3) is 0 Å². The van der Waals surface area contributed by atoms with E-state index in [1.165, 1.54) is 19.1 Å². The van der Waals surface area contributed by atoms with E-state index in [1.54, 1.807) is 0 Å². The first-order chi connectivity index (χ1) is 11.9. The molecule has 8 nitrogen and oxygen atoms in total. The van der Waals surface area contributed by atoms with Gasteiger partial charge in [0.25, 0.3) is 0 Å². The number of amides is 2. The molecule has 1 atom stereocenters. The number of hydrogen-bond acceptors (Lipinski definition) is 5. The molecule has 0 bridgehead atoms. The summed E-state index contributed by atoms with van der Waals surface area (Å²) >= 11 is 0. The van der Waals surface area contributed by atoms with Crippen LogP contribution in [0.2, 0.25) is 0 Å². The molecule has 1 aromatic rings. The molecule has 1 fully saturated rings. The fourth-order valence-electron chi connectivity index (χ4n) is 2.56. The van der Waals surface area contributed by atoms with Gasteiger partial charge in [-0.05, 0) is 18.2 Å². The first kappa shape index (κ1) is 18.9. The smallest absolute Gasteiger partial charge is 0.411 e. The molecule has 0 unspecified atom stereocenters. The number of rotatable bonds is 6. The Bertz CT molecular complexity index is 622. The van der Waals surface area contributed by atoms with E-state index in [1.807, 2.05) is 4.90 Å². The van der Waals surface area contributed by atoms with E-state index in [-0.39, 0.29) is 24.7 Å². The van der Waals surface area contributed by atoms with Crippen LogP contribution < -0.4 is 15.1 Å². The maximum absolute atomic E-state index is 14.4. The fourth-order valence-corrected chi connectivity index (χ4v) is 2.56. The Hall–Kier alpha value is -2.39. The minimum absolute atomic E-state index is 0.0898. The average Bonchev–Trinajstić information content (AvgIpc) is 2.58. The fraction of sp³-hybridized carbons (Fsp3) is 0.500. The number of carbonyl (C=O) groups is 2. The summed E-state index contributed by atoms with van der Waals surface area (Å²) < 4.78 is 19.7. The topological polar surface area (TPSA) is 102 Å². The van der Waals surface area contributed by atoms with Crippen LogP contribution in [-0.2, 0) is 9.53 Å². The summed E-state index contributed by atoms with van der Waals surface area (Å²) in [5.74, 6) is -0.871. The molecule has 0 radical (unpaired) electrons. The monoisotopic (exact) mass is 355 g/mol. The van der Waals surface area contributed by atoms with Crippen LogP contribution in [0.3, 0.4) is 0 Å². The van der Waals surface area contributed by atoms with Gasteiger partial charge in [-0.3, -0.25) is 9.69 Å². The Labute approximate surface area is 144 Å². The number of carbonyl (C=O) groups excluding carboxylic acids is 1. The van der Waals surface area contributed by atoms with Crippen LogP contribution in [0, 0.1) is 5.82 Å². The zero-order valence-corrected chi connectivity index (χ0v) is 13.9. The van der Waals surface area contributed by atoms with E-state index < -0.39 is 18.0 Å². The van der Waals surface area contributed by atoms with Gasteiger partial charge in [0, 0.05) is 26.6 Å². The molecule has 1 saturated heterocycles.